The third-order valence-corrected chi connectivity index (χ3v) is 7.06. The SMILES string of the molecule is C=CCC[C@@H](O)CN(CC(=O)N1CCc2sccc2[C@H]1COc1ccc(C)cc1)C(C)C. The number of fused-ring (bicyclic) bond motifs is 1. The van der Waals surface area contributed by atoms with Crippen molar-refractivity contribution in [3.05, 3.63) is 64.4 Å². The van der Waals surface area contributed by atoms with Crippen molar-refractivity contribution in [1.82, 2.24) is 9.80 Å². The summed E-state index contributed by atoms with van der Waals surface area (Å²) in [5.41, 5.74) is 2.39. The van der Waals surface area contributed by atoms with E-state index >= 15 is 0 Å². The van der Waals surface area contributed by atoms with Crippen molar-refractivity contribution in [2.24, 2.45) is 0 Å². The zero-order valence-electron chi connectivity index (χ0n) is 19.5. The number of rotatable bonds is 11. The first-order chi connectivity index (χ1) is 15.4. The van der Waals surface area contributed by atoms with Crippen molar-refractivity contribution in [1.29, 1.82) is 0 Å². The molecule has 174 valence electrons. The molecule has 0 aliphatic carbocycles. The number of allylic oxidation sites excluding steroid dienone is 1. The zero-order chi connectivity index (χ0) is 23.1. The number of ether oxygens (including phenoxy) is 1. The normalized spacial score (nSPS) is 16.8. The first-order valence-electron chi connectivity index (χ1n) is 11.5. The maximum Gasteiger partial charge on any atom is 0.237 e. The highest BCUT2D eigenvalue weighted by Crippen LogP contribution is 2.34. The molecule has 0 radical (unpaired) electrons. The number of amides is 1. The van der Waals surface area contributed by atoms with Gasteiger partial charge in [-0.3, -0.25) is 9.69 Å². The van der Waals surface area contributed by atoms with E-state index in [1.54, 1.807) is 11.3 Å². The van der Waals surface area contributed by atoms with Crippen molar-refractivity contribution in [2.75, 3.05) is 26.2 Å². The lowest BCUT2D eigenvalue weighted by molar-refractivity contribution is -0.137. The molecule has 1 aliphatic rings. The second-order valence-corrected chi connectivity index (χ2v) is 9.82. The maximum absolute atomic E-state index is 13.4. The van der Waals surface area contributed by atoms with Gasteiger partial charge in [0.25, 0.3) is 0 Å². The van der Waals surface area contributed by atoms with E-state index < -0.39 is 6.10 Å². The molecule has 2 heterocycles. The van der Waals surface area contributed by atoms with Crippen LogP contribution in [0.1, 0.15) is 48.7 Å². The number of benzene rings is 1. The minimum atomic E-state index is -0.464. The van der Waals surface area contributed by atoms with Crippen LogP contribution in [0.15, 0.2) is 48.4 Å². The number of nitrogens with zero attached hydrogens (tertiary/aromatic N) is 2. The zero-order valence-corrected chi connectivity index (χ0v) is 20.3. The van der Waals surface area contributed by atoms with Crippen LogP contribution in [0.25, 0.3) is 0 Å². The number of thiophene rings is 1. The van der Waals surface area contributed by atoms with Crippen LogP contribution in [-0.4, -0.2) is 59.2 Å². The summed E-state index contributed by atoms with van der Waals surface area (Å²) in [6.45, 7) is 11.8. The summed E-state index contributed by atoms with van der Waals surface area (Å²) in [4.78, 5) is 18.8. The number of aliphatic hydroxyl groups is 1. The minimum absolute atomic E-state index is 0.0870. The third-order valence-electron chi connectivity index (χ3n) is 6.06. The van der Waals surface area contributed by atoms with Gasteiger partial charge in [-0.25, -0.2) is 0 Å². The van der Waals surface area contributed by atoms with E-state index in [0.29, 0.717) is 32.7 Å². The van der Waals surface area contributed by atoms with Gasteiger partial charge < -0.3 is 14.7 Å². The number of carbonyl (C=O) groups is 1. The molecule has 1 aromatic heterocycles. The van der Waals surface area contributed by atoms with E-state index in [1.165, 1.54) is 16.0 Å². The number of aliphatic hydroxyl groups excluding tert-OH is 1. The smallest absolute Gasteiger partial charge is 0.237 e. The van der Waals surface area contributed by atoms with Gasteiger partial charge in [0.2, 0.25) is 5.91 Å². The van der Waals surface area contributed by atoms with Crippen LogP contribution in [0.3, 0.4) is 0 Å². The summed E-state index contributed by atoms with van der Waals surface area (Å²) in [5, 5.41) is 12.5. The molecule has 1 aliphatic heterocycles. The average molecular weight is 457 g/mol. The van der Waals surface area contributed by atoms with Crippen LogP contribution >= 0.6 is 11.3 Å². The van der Waals surface area contributed by atoms with Gasteiger partial charge in [0.05, 0.1) is 18.7 Å². The average Bonchev–Trinajstić information content (AvgIpc) is 3.25. The molecule has 0 unspecified atom stereocenters. The van der Waals surface area contributed by atoms with Gasteiger partial charge >= 0.3 is 0 Å². The first-order valence-corrected chi connectivity index (χ1v) is 12.3. The number of aryl methyl sites for hydroxylation is 1. The second-order valence-electron chi connectivity index (χ2n) is 8.82. The summed E-state index contributed by atoms with van der Waals surface area (Å²) < 4.78 is 6.12. The van der Waals surface area contributed by atoms with Crippen molar-refractivity contribution >= 4 is 17.2 Å². The fourth-order valence-electron chi connectivity index (χ4n) is 4.08. The van der Waals surface area contributed by atoms with Crippen molar-refractivity contribution in [2.45, 2.75) is 58.2 Å². The quantitative estimate of drug-likeness (QED) is 0.502. The fourth-order valence-corrected chi connectivity index (χ4v) is 5.01. The molecule has 0 fully saturated rings. The van der Waals surface area contributed by atoms with Crippen molar-refractivity contribution < 1.29 is 14.6 Å². The predicted molar refractivity (Wildman–Crippen MR) is 131 cm³/mol. The lowest BCUT2D eigenvalue weighted by Gasteiger charge is -2.38. The molecule has 0 bridgehead atoms. The molecule has 1 aromatic carbocycles. The Kier molecular flexibility index (Phi) is 8.91. The van der Waals surface area contributed by atoms with E-state index in [1.807, 2.05) is 35.2 Å². The van der Waals surface area contributed by atoms with Crippen LogP contribution in [0.2, 0.25) is 0 Å². The number of hydrogen-bond donors (Lipinski definition) is 1. The fraction of sp³-hybridized carbons (Fsp3) is 0.500. The predicted octanol–water partition coefficient (Wildman–Crippen LogP) is 4.60. The standard InChI is InChI=1S/C26H36N2O3S/c1-5-6-7-21(29)16-27(19(2)3)17-26(30)28-14-12-25-23(13-15-32-25)24(28)18-31-22-10-8-20(4)9-11-22/h5,8-11,13,15,19,21,24,29H,1,6-7,12,14,16-18H2,2-4H3/t21-,24-/m1/s1. The molecular weight excluding hydrogens is 420 g/mol. The molecular formula is C26H36N2O3S. The number of hydrogen-bond acceptors (Lipinski definition) is 5. The summed E-state index contributed by atoms with van der Waals surface area (Å²) in [6.07, 6.45) is 3.67. The van der Waals surface area contributed by atoms with Gasteiger partial charge in [0, 0.05) is 24.0 Å². The van der Waals surface area contributed by atoms with Gasteiger partial charge in [-0.2, -0.15) is 0 Å². The Hall–Kier alpha value is -2.15. The highest BCUT2D eigenvalue weighted by atomic mass is 32.1. The Labute approximate surface area is 196 Å². The Balaban J connectivity index is 1.70. The lowest BCUT2D eigenvalue weighted by Crippen LogP contribution is -2.49. The second kappa shape index (κ2) is 11.6. The Morgan fingerprint density at radius 1 is 1.34 bits per heavy atom. The topological polar surface area (TPSA) is 53.0 Å². The number of carbonyl (C=O) groups excluding carboxylic acids is 1. The highest BCUT2D eigenvalue weighted by Gasteiger charge is 2.33. The lowest BCUT2D eigenvalue weighted by atomic mass is 10.00. The van der Waals surface area contributed by atoms with E-state index in [2.05, 4.69) is 43.7 Å². The van der Waals surface area contributed by atoms with Crippen LogP contribution in [0, 0.1) is 6.92 Å². The van der Waals surface area contributed by atoms with E-state index in [4.69, 9.17) is 4.74 Å². The highest BCUT2D eigenvalue weighted by molar-refractivity contribution is 7.10. The van der Waals surface area contributed by atoms with Gasteiger partial charge in [-0.1, -0.05) is 23.8 Å². The van der Waals surface area contributed by atoms with Crippen molar-refractivity contribution in [3.63, 3.8) is 0 Å². The molecule has 1 amide bonds. The summed E-state index contributed by atoms with van der Waals surface area (Å²) in [7, 11) is 0. The largest absolute Gasteiger partial charge is 0.491 e. The molecule has 2 aromatic rings. The van der Waals surface area contributed by atoms with Crippen LogP contribution in [0.5, 0.6) is 5.75 Å². The van der Waals surface area contributed by atoms with E-state index in [0.717, 1.165) is 18.6 Å². The molecule has 0 spiro atoms. The molecule has 0 saturated heterocycles. The van der Waals surface area contributed by atoms with Crippen LogP contribution in [-0.2, 0) is 11.2 Å². The van der Waals surface area contributed by atoms with E-state index in [-0.39, 0.29) is 18.0 Å². The molecule has 3 rings (SSSR count). The molecule has 5 nitrogen and oxygen atoms in total. The van der Waals surface area contributed by atoms with Gasteiger partial charge in [0.15, 0.2) is 0 Å². The molecule has 32 heavy (non-hydrogen) atoms. The Morgan fingerprint density at radius 2 is 2.09 bits per heavy atom. The van der Waals surface area contributed by atoms with Crippen LogP contribution < -0.4 is 4.74 Å². The van der Waals surface area contributed by atoms with Crippen LogP contribution in [0.4, 0.5) is 0 Å². The summed E-state index contributed by atoms with van der Waals surface area (Å²) >= 11 is 1.76. The van der Waals surface area contributed by atoms with Gasteiger partial charge in [-0.05, 0) is 69.2 Å². The van der Waals surface area contributed by atoms with E-state index in [9.17, 15) is 9.90 Å². The summed E-state index contributed by atoms with van der Waals surface area (Å²) in [6, 6.07) is 10.2. The monoisotopic (exact) mass is 456 g/mol. The summed E-state index contributed by atoms with van der Waals surface area (Å²) in [5.74, 6) is 0.906. The third kappa shape index (κ3) is 6.44. The van der Waals surface area contributed by atoms with Gasteiger partial charge in [-0.15, -0.1) is 17.9 Å². The maximum atomic E-state index is 13.4. The van der Waals surface area contributed by atoms with Crippen molar-refractivity contribution in [3.8, 4) is 5.75 Å². The Morgan fingerprint density at radius 3 is 2.78 bits per heavy atom. The molecule has 1 N–H and O–H groups in total. The molecule has 0 saturated carbocycles. The molecule has 6 heteroatoms. The van der Waals surface area contributed by atoms with Gasteiger partial charge in [0.1, 0.15) is 12.4 Å². The Bertz CT molecular complexity index is 877. The minimum Gasteiger partial charge on any atom is -0.491 e. The first kappa shape index (κ1) is 24.5. The molecule has 2 atom stereocenters.